The molecule has 0 aliphatic heterocycles. The molecule has 0 radical (unpaired) electrons. The summed E-state index contributed by atoms with van der Waals surface area (Å²) in [6.45, 7) is 2.74. The molecular weight excluding hydrogens is 419 g/mol. The van der Waals surface area contributed by atoms with Crippen molar-refractivity contribution >= 4 is 47.0 Å². The van der Waals surface area contributed by atoms with Crippen molar-refractivity contribution in [3.8, 4) is 0 Å². The average molecular weight is 442 g/mol. The van der Waals surface area contributed by atoms with E-state index in [-0.39, 0.29) is 24.0 Å². The SMILES string of the molecule is Cc1ccc(NC(N)=NCCc2nc3c(s2)CCCC3)cc1.I. The summed E-state index contributed by atoms with van der Waals surface area (Å²) in [4.78, 5) is 10.6. The van der Waals surface area contributed by atoms with Crippen LogP contribution >= 0.6 is 35.3 Å². The molecule has 0 amide bonds. The van der Waals surface area contributed by atoms with E-state index in [2.05, 4.69) is 29.4 Å². The Balaban J connectivity index is 0.00000192. The van der Waals surface area contributed by atoms with E-state index in [0.29, 0.717) is 12.5 Å². The zero-order valence-corrected chi connectivity index (χ0v) is 16.5. The number of aryl methyl sites for hydroxylation is 3. The Kier molecular flexibility index (Phi) is 6.83. The second kappa shape index (κ2) is 8.63. The Morgan fingerprint density at radius 3 is 2.74 bits per heavy atom. The first-order valence-electron chi connectivity index (χ1n) is 7.82. The normalized spacial score (nSPS) is 14.0. The van der Waals surface area contributed by atoms with Crippen LogP contribution in [0.15, 0.2) is 29.3 Å². The van der Waals surface area contributed by atoms with Crippen LogP contribution < -0.4 is 11.1 Å². The lowest BCUT2D eigenvalue weighted by Crippen LogP contribution is -2.23. The van der Waals surface area contributed by atoms with E-state index in [4.69, 9.17) is 10.7 Å². The van der Waals surface area contributed by atoms with Crippen molar-refractivity contribution in [2.24, 2.45) is 10.7 Å². The molecule has 0 fully saturated rings. The molecule has 1 aliphatic rings. The number of aromatic nitrogens is 1. The van der Waals surface area contributed by atoms with Crippen molar-refractivity contribution in [3.63, 3.8) is 0 Å². The predicted molar refractivity (Wildman–Crippen MR) is 109 cm³/mol. The number of hydrogen-bond donors (Lipinski definition) is 2. The Morgan fingerprint density at radius 2 is 2.00 bits per heavy atom. The maximum absolute atomic E-state index is 5.93. The molecule has 4 nitrogen and oxygen atoms in total. The summed E-state index contributed by atoms with van der Waals surface area (Å²) in [6.07, 6.45) is 5.80. The Morgan fingerprint density at radius 1 is 1.26 bits per heavy atom. The van der Waals surface area contributed by atoms with E-state index in [9.17, 15) is 0 Å². The van der Waals surface area contributed by atoms with Gasteiger partial charge in [-0.2, -0.15) is 0 Å². The van der Waals surface area contributed by atoms with Gasteiger partial charge in [-0.3, -0.25) is 4.99 Å². The first-order chi connectivity index (χ1) is 10.7. The fourth-order valence-corrected chi connectivity index (χ4v) is 3.75. The lowest BCUT2D eigenvalue weighted by molar-refractivity contribution is 0.680. The standard InChI is InChI=1S/C17H22N4S.HI/c1-12-6-8-13(9-7-12)20-17(18)19-11-10-16-21-14-4-2-3-5-15(14)22-16;/h6-9H,2-5,10-11H2,1H3,(H3,18,19,20);1H. The molecule has 23 heavy (non-hydrogen) atoms. The number of benzene rings is 1. The van der Waals surface area contributed by atoms with Gasteiger partial charge in [0, 0.05) is 23.5 Å². The van der Waals surface area contributed by atoms with Crippen LogP contribution in [-0.4, -0.2) is 17.5 Å². The van der Waals surface area contributed by atoms with Gasteiger partial charge in [0.15, 0.2) is 5.96 Å². The topological polar surface area (TPSA) is 63.3 Å². The summed E-state index contributed by atoms with van der Waals surface area (Å²) in [5.41, 5.74) is 9.45. The molecule has 0 unspecified atom stereocenters. The molecule has 0 saturated heterocycles. The van der Waals surface area contributed by atoms with Crippen molar-refractivity contribution in [1.29, 1.82) is 0 Å². The number of thiazole rings is 1. The van der Waals surface area contributed by atoms with E-state index in [1.165, 1.54) is 40.4 Å². The van der Waals surface area contributed by atoms with Gasteiger partial charge in [0.05, 0.1) is 10.7 Å². The summed E-state index contributed by atoms with van der Waals surface area (Å²) in [5, 5.41) is 4.31. The van der Waals surface area contributed by atoms with E-state index in [1.54, 1.807) is 0 Å². The molecule has 1 aliphatic carbocycles. The number of aliphatic imine (C=N–C) groups is 1. The summed E-state index contributed by atoms with van der Waals surface area (Å²) >= 11 is 1.85. The smallest absolute Gasteiger partial charge is 0.193 e. The van der Waals surface area contributed by atoms with Crippen LogP contribution in [0, 0.1) is 6.92 Å². The van der Waals surface area contributed by atoms with Crippen LogP contribution in [0.2, 0.25) is 0 Å². The van der Waals surface area contributed by atoms with Crippen LogP contribution in [0.25, 0.3) is 0 Å². The molecule has 1 aromatic carbocycles. The minimum absolute atomic E-state index is 0. The fraction of sp³-hybridized carbons (Fsp3) is 0.412. The monoisotopic (exact) mass is 442 g/mol. The number of halogens is 1. The van der Waals surface area contributed by atoms with E-state index in [1.807, 2.05) is 23.5 Å². The summed E-state index contributed by atoms with van der Waals surface area (Å²) in [6, 6.07) is 8.12. The van der Waals surface area contributed by atoms with Crippen molar-refractivity contribution in [3.05, 3.63) is 45.4 Å². The molecule has 6 heteroatoms. The van der Waals surface area contributed by atoms with Crippen molar-refractivity contribution < 1.29 is 0 Å². The van der Waals surface area contributed by atoms with Gasteiger partial charge in [0.2, 0.25) is 0 Å². The number of nitrogens with two attached hydrogens (primary N) is 1. The average Bonchev–Trinajstić information content (AvgIpc) is 2.92. The third-order valence-corrected chi connectivity index (χ3v) is 5.04. The number of hydrogen-bond acceptors (Lipinski definition) is 3. The highest BCUT2D eigenvalue weighted by Crippen LogP contribution is 2.26. The third-order valence-electron chi connectivity index (χ3n) is 3.82. The van der Waals surface area contributed by atoms with E-state index < -0.39 is 0 Å². The molecular formula is C17H23IN4S. The number of fused-ring (bicyclic) bond motifs is 1. The molecule has 1 aromatic heterocycles. The summed E-state index contributed by atoms with van der Waals surface area (Å²) in [5.74, 6) is 0.463. The molecule has 0 saturated carbocycles. The molecule has 3 N–H and O–H groups in total. The highest BCUT2D eigenvalue weighted by Gasteiger charge is 2.14. The Hall–Kier alpha value is -1.15. The maximum Gasteiger partial charge on any atom is 0.193 e. The molecule has 0 spiro atoms. The molecule has 124 valence electrons. The van der Waals surface area contributed by atoms with Crippen LogP contribution in [0.1, 0.15) is 34.0 Å². The van der Waals surface area contributed by atoms with Gasteiger partial charge in [0.1, 0.15) is 0 Å². The van der Waals surface area contributed by atoms with Crippen LogP contribution in [0.4, 0.5) is 5.69 Å². The van der Waals surface area contributed by atoms with Crippen LogP contribution in [0.5, 0.6) is 0 Å². The lowest BCUT2D eigenvalue weighted by atomic mass is 10.0. The first-order valence-corrected chi connectivity index (χ1v) is 8.63. The summed E-state index contributed by atoms with van der Waals surface area (Å²) in [7, 11) is 0. The summed E-state index contributed by atoms with van der Waals surface area (Å²) < 4.78 is 0. The Bertz CT molecular complexity index is 640. The van der Waals surface area contributed by atoms with Crippen LogP contribution in [-0.2, 0) is 19.3 Å². The van der Waals surface area contributed by atoms with Gasteiger partial charge >= 0.3 is 0 Å². The van der Waals surface area contributed by atoms with E-state index >= 15 is 0 Å². The van der Waals surface area contributed by atoms with Gasteiger partial charge < -0.3 is 11.1 Å². The second-order valence-corrected chi connectivity index (χ2v) is 6.86. The molecule has 2 aromatic rings. The number of rotatable bonds is 4. The highest BCUT2D eigenvalue weighted by atomic mass is 127. The maximum atomic E-state index is 5.93. The quantitative estimate of drug-likeness (QED) is 0.429. The first kappa shape index (κ1) is 18.2. The molecule has 0 bridgehead atoms. The van der Waals surface area contributed by atoms with E-state index in [0.717, 1.165) is 18.5 Å². The highest BCUT2D eigenvalue weighted by molar-refractivity contribution is 14.0. The minimum Gasteiger partial charge on any atom is -0.370 e. The van der Waals surface area contributed by atoms with Gasteiger partial charge in [-0.25, -0.2) is 4.98 Å². The number of guanidine groups is 1. The lowest BCUT2D eigenvalue weighted by Gasteiger charge is -2.06. The fourth-order valence-electron chi connectivity index (χ4n) is 2.61. The molecule has 0 atom stereocenters. The largest absolute Gasteiger partial charge is 0.370 e. The number of nitrogens with zero attached hydrogens (tertiary/aromatic N) is 2. The van der Waals surface area contributed by atoms with Gasteiger partial charge in [-0.15, -0.1) is 35.3 Å². The molecule has 3 rings (SSSR count). The minimum atomic E-state index is 0. The number of nitrogens with one attached hydrogen (secondary N) is 1. The van der Waals surface area contributed by atoms with Gasteiger partial charge in [-0.1, -0.05) is 17.7 Å². The van der Waals surface area contributed by atoms with Crippen molar-refractivity contribution in [1.82, 2.24) is 4.98 Å². The molecule has 1 heterocycles. The Labute approximate surface area is 158 Å². The number of anilines is 1. The predicted octanol–water partition coefficient (Wildman–Crippen LogP) is 3.92. The zero-order chi connectivity index (χ0) is 15.4. The zero-order valence-electron chi connectivity index (χ0n) is 13.3. The third kappa shape index (κ3) is 5.17. The van der Waals surface area contributed by atoms with Gasteiger partial charge in [0.25, 0.3) is 0 Å². The van der Waals surface area contributed by atoms with Gasteiger partial charge in [-0.05, 0) is 44.7 Å². The van der Waals surface area contributed by atoms with Crippen molar-refractivity contribution in [2.75, 3.05) is 11.9 Å². The van der Waals surface area contributed by atoms with Crippen molar-refractivity contribution in [2.45, 2.75) is 39.0 Å². The van der Waals surface area contributed by atoms with Crippen LogP contribution in [0.3, 0.4) is 0 Å². The second-order valence-electron chi connectivity index (χ2n) is 5.69.